The number of benzene rings is 1. The first-order valence-electron chi connectivity index (χ1n) is 6.61. The zero-order valence-corrected chi connectivity index (χ0v) is 10.4. The quantitative estimate of drug-likeness (QED) is 0.764. The van der Waals surface area contributed by atoms with E-state index in [9.17, 15) is 4.79 Å². The summed E-state index contributed by atoms with van der Waals surface area (Å²) in [6, 6.07) is 8.34. The molecule has 1 aromatic carbocycles. The Morgan fingerprint density at radius 2 is 2.22 bits per heavy atom. The lowest BCUT2D eigenvalue weighted by molar-refractivity contribution is -0.124. The van der Waals surface area contributed by atoms with Crippen LogP contribution >= 0.6 is 0 Å². The molecule has 0 spiro atoms. The fraction of sp³-hybridized carbons (Fsp3) is 0.500. The molecule has 2 aliphatic heterocycles. The van der Waals surface area contributed by atoms with Crippen molar-refractivity contribution in [2.45, 2.75) is 25.4 Å². The van der Waals surface area contributed by atoms with Crippen molar-refractivity contribution in [3.05, 3.63) is 29.8 Å². The van der Waals surface area contributed by atoms with E-state index in [-0.39, 0.29) is 11.8 Å². The van der Waals surface area contributed by atoms with Gasteiger partial charge in [0.1, 0.15) is 0 Å². The van der Waals surface area contributed by atoms with E-state index in [1.165, 1.54) is 0 Å². The molecule has 0 saturated carbocycles. The van der Waals surface area contributed by atoms with Gasteiger partial charge < -0.3 is 11.1 Å². The molecule has 2 aliphatic rings. The zero-order chi connectivity index (χ0) is 12.5. The molecule has 2 unspecified atom stereocenters. The number of piperidine rings is 1. The van der Waals surface area contributed by atoms with E-state index in [0.29, 0.717) is 6.04 Å². The molecule has 4 nitrogen and oxygen atoms in total. The fourth-order valence-corrected chi connectivity index (χ4v) is 3.13. The van der Waals surface area contributed by atoms with E-state index >= 15 is 0 Å². The molecular formula is C14H19N3O. The van der Waals surface area contributed by atoms with Gasteiger partial charge in [0.15, 0.2) is 0 Å². The third kappa shape index (κ3) is 1.97. The molecule has 18 heavy (non-hydrogen) atoms. The van der Waals surface area contributed by atoms with Gasteiger partial charge in [0, 0.05) is 24.8 Å². The summed E-state index contributed by atoms with van der Waals surface area (Å²) in [5, 5.41) is 2.98. The number of nitrogens with two attached hydrogens (primary N) is 1. The topological polar surface area (TPSA) is 58.4 Å². The van der Waals surface area contributed by atoms with E-state index < -0.39 is 0 Å². The molecule has 2 heterocycles. The molecule has 2 atom stereocenters. The van der Waals surface area contributed by atoms with E-state index in [2.05, 4.69) is 16.3 Å². The van der Waals surface area contributed by atoms with Gasteiger partial charge in [-0.05, 0) is 31.0 Å². The number of anilines is 1. The van der Waals surface area contributed by atoms with Crippen molar-refractivity contribution in [3.8, 4) is 0 Å². The van der Waals surface area contributed by atoms with E-state index in [0.717, 1.165) is 43.7 Å². The Balaban J connectivity index is 1.76. The second-order valence-corrected chi connectivity index (χ2v) is 5.23. The highest BCUT2D eigenvalue weighted by molar-refractivity contribution is 5.82. The second-order valence-electron chi connectivity index (χ2n) is 5.23. The lowest BCUT2D eigenvalue weighted by Gasteiger charge is -2.36. The van der Waals surface area contributed by atoms with Gasteiger partial charge in [-0.15, -0.1) is 0 Å². The first-order chi connectivity index (χ1) is 8.75. The molecule has 1 amide bonds. The van der Waals surface area contributed by atoms with Crippen molar-refractivity contribution in [2.75, 3.05) is 18.8 Å². The predicted molar refractivity (Wildman–Crippen MR) is 70.8 cm³/mol. The average molecular weight is 245 g/mol. The Labute approximate surface area is 107 Å². The SMILES string of the molecule is Nc1ccccc1CN1CCCC2C(=O)NCC21. The number of para-hydroxylation sites is 1. The van der Waals surface area contributed by atoms with Crippen LogP contribution in [-0.4, -0.2) is 29.9 Å². The number of carbonyl (C=O) groups excluding carboxylic acids is 1. The van der Waals surface area contributed by atoms with Gasteiger partial charge in [0.25, 0.3) is 0 Å². The van der Waals surface area contributed by atoms with Gasteiger partial charge in [-0.1, -0.05) is 18.2 Å². The maximum absolute atomic E-state index is 11.7. The van der Waals surface area contributed by atoms with Crippen LogP contribution in [-0.2, 0) is 11.3 Å². The van der Waals surface area contributed by atoms with Crippen LogP contribution in [0.15, 0.2) is 24.3 Å². The zero-order valence-electron chi connectivity index (χ0n) is 10.4. The number of rotatable bonds is 2. The maximum Gasteiger partial charge on any atom is 0.224 e. The maximum atomic E-state index is 11.7. The van der Waals surface area contributed by atoms with Crippen LogP contribution in [0.5, 0.6) is 0 Å². The summed E-state index contributed by atoms with van der Waals surface area (Å²) in [5.41, 5.74) is 8.00. The summed E-state index contributed by atoms with van der Waals surface area (Å²) in [4.78, 5) is 14.1. The van der Waals surface area contributed by atoms with Crippen molar-refractivity contribution in [3.63, 3.8) is 0 Å². The molecule has 3 N–H and O–H groups in total. The smallest absolute Gasteiger partial charge is 0.224 e. The van der Waals surface area contributed by atoms with Crippen LogP contribution in [0, 0.1) is 5.92 Å². The Bertz CT molecular complexity index is 460. The van der Waals surface area contributed by atoms with Gasteiger partial charge in [-0.2, -0.15) is 0 Å². The lowest BCUT2D eigenvalue weighted by Crippen LogP contribution is -2.44. The van der Waals surface area contributed by atoms with Crippen molar-refractivity contribution in [1.82, 2.24) is 10.2 Å². The summed E-state index contributed by atoms with van der Waals surface area (Å²) in [6.07, 6.45) is 2.12. The number of likely N-dealkylation sites (tertiary alicyclic amines) is 1. The van der Waals surface area contributed by atoms with Crippen molar-refractivity contribution >= 4 is 11.6 Å². The van der Waals surface area contributed by atoms with E-state index in [4.69, 9.17) is 5.73 Å². The van der Waals surface area contributed by atoms with Crippen molar-refractivity contribution in [1.29, 1.82) is 0 Å². The third-order valence-electron chi connectivity index (χ3n) is 4.14. The molecule has 96 valence electrons. The van der Waals surface area contributed by atoms with E-state index in [1.54, 1.807) is 0 Å². The molecule has 3 rings (SSSR count). The molecule has 2 saturated heterocycles. The van der Waals surface area contributed by atoms with Crippen LogP contribution in [0.3, 0.4) is 0 Å². The fourth-order valence-electron chi connectivity index (χ4n) is 3.13. The number of hydrogen-bond donors (Lipinski definition) is 2. The standard InChI is InChI=1S/C14H19N3O/c15-12-6-2-1-4-10(12)9-17-7-3-5-11-13(17)8-16-14(11)18/h1-2,4,6,11,13H,3,5,7-9,15H2,(H,16,18). The first kappa shape index (κ1) is 11.5. The predicted octanol–water partition coefficient (Wildman–Crippen LogP) is 0.979. The minimum absolute atomic E-state index is 0.184. The van der Waals surface area contributed by atoms with Crippen LogP contribution in [0.1, 0.15) is 18.4 Å². The number of nitrogens with one attached hydrogen (secondary N) is 1. The number of hydrogen-bond acceptors (Lipinski definition) is 3. The van der Waals surface area contributed by atoms with Crippen LogP contribution in [0.2, 0.25) is 0 Å². The molecule has 0 aliphatic carbocycles. The molecule has 0 bridgehead atoms. The number of amides is 1. The van der Waals surface area contributed by atoms with E-state index in [1.807, 2.05) is 18.2 Å². The van der Waals surface area contributed by atoms with Gasteiger partial charge in [0.05, 0.1) is 5.92 Å². The molecule has 4 heteroatoms. The Kier molecular flexibility index (Phi) is 2.96. The Morgan fingerprint density at radius 3 is 3.06 bits per heavy atom. The normalized spacial score (nSPS) is 27.9. The second kappa shape index (κ2) is 4.61. The number of nitrogens with zero attached hydrogens (tertiary/aromatic N) is 1. The summed E-state index contributed by atoms with van der Waals surface area (Å²) in [7, 11) is 0. The summed E-state index contributed by atoms with van der Waals surface area (Å²) in [5.74, 6) is 0.412. The molecule has 0 radical (unpaired) electrons. The third-order valence-corrected chi connectivity index (χ3v) is 4.14. The molecule has 2 fully saturated rings. The number of fused-ring (bicyclic) bond motifs is 1. The van der Waals surface area contributed by atoms with Crippen LogP contribution in [0.25, 0.3) is 0 Å². The number of carbonyl (C=O) groups is 1. The first-order valence-corrected chi connectivity index (χ1v) is 6.61. The lowest BCUT2D eigenvalue weighted by atomic mass is 9.91. The summed E-state index contributed by atoms with van der Waals surface area (Å²) < 4.78 is 0. The molecule has 0 aromatic heterocycles. The van der Waals surface area contributed by atoms with Gasteiger partial charge in [0.2, 0.25) is 5.91 Å². The summed E-state index contributed by atoms with van der Waals surface area (Å²) >= 11 is 0. The van der Waals surface area contributed by atoms with Crippen LogP contribution < -0.4 is 11.1 Å². The summed E-state index contributed by atoms with van der Waals surface area (Å²) in [6.45, 7) is 2.70. The highest BCUT2D eigenvalue weighted by Crippen LogP contribution is 2.29. The molecule has 1 aromatic rings. The van der Waals surface area contributed by atoms with Crippen LogP contribution in [0.4, 0.5) is 5.69 Å². The minimum atomic E-state index is 0.184. The van der Waals surface area contributed by atoms with Gasteiger partial charge in [-0.25, -0.2) is 0 Å². The molecular weight excluding hydrogens is 226 g/mol. The average Bonchev–Trinajstić information content (AvgIpc) is 2.76. The van der Waals surface area contributed by atoms with Crippen molar-refractivity contribution < 1.29 is 4.79 Å². The monoisotopic (exact) mass is 245 g/mol. The highest BCUT2D eigenvalue weighted by atomic mass is 16.2. The van der Waals surface area contributed by atoms with Gasteiger partial charge in [-0.3, -0.25) is 9.69 Å². The Morgan fingerprint density at radius 1 is 1.39 bits per heavy atom. The Hall–Kier alpha value is -1.55. The minimum Gasteiger partial charge on any atom is -0.398 e. The highest BCUT2D eigenvalue weighted by Gasteiger charge is 2.40. The number of nitrogen functional groups attached to an aromatic ring is 1. The van der Waals surface area contributed by atoms with Crippen molar-refractivity contribution in [2.24, 2.45) is 5.92 Å². The largest absolute Gasteiger partial charge is 0.398 e. The van der Waals surface area contributed by atoms with Gasteiger partial charge >= 0.3 is 0 Å².